The molecule has 34 heavy (non-hydrogen) atoms. The van der Waals surface area contributed by atoms with Gasteiger partial charge in [0.1, 0.15) is 0 Å². The number of nitrogens with one attached hydrogen (secondary N) is 2. The molecule has 2 aromatic carbocycles. The molecule has 4 nitrogen and oxygen atoms in total. The van der Waals surface area contributed by atoms with E-state index in [1.165, 1.54) is 73.6 Å². The smallest absolute Gasteiger partial charge is 0.166 e. The molecule has 2 aliphatic rings. The summed E-state index contributed by atoms with van der Waals surface area (Å²) >= 11 is 6.97. The van der Waals surface area contributed by atoms with Crippen LogP contribution in [0.1, 0.15) is 64.2 Å². The van der Waals surface area contributed by atoms with Gasteiger partial charge in [-0.05, 0) is 73.8 Å². The first kappa shape index (κ1) is 24.5. The highest BCUT2D eigenvalue weighted by Gasteiger charge is 2.15. The molecule has 0 amide bonds. The fourth-order valence-electron chi connectivity index (χ4n) is 4.50. The number of rotatable bonds is 6. The van der Waals surface area contributed by atoms with E-state index in [4.69, 9.17) is 0 Å². The molecule has 0 unspecified atom stereocenters. The third-order valence-electron chi connectivity index (χ3n) is 6.38. The maximum atomic E-state index is 4.62. The Hall–Kier alpha value is -1.16. The number of thiazole rings is 2. The maximum absolute atomic E-state index is 4.62. The van der Waals surface area contributed by atoms with Gasteiger partial charge in [-0.2, -0.15) is 0 Å². The van der Waals surface area contributed by atoms with Crippen LogP contribution in [0.5, 0.6) is 0 Å². The van der Waals surface area contributed by atoms with E-state index in [2.05, 4.69) is 55.8 Å². The number of benzene rings is 2. The summed E-state index contributed by atoms with van der Waals surface area (Å²) in [6.07, 6.45) is 13.6. The summed E-state index contributed by atoms with van der Waals surface area (Å²) in [7, 11) is 0. The van der Waals surface area contributed by atoms with Crippen LogP contribution in [0.2, 0.25) is 0 Å². The van der Waals surface area contributed by atoms with Gasteiger partial charge in [0.05, 0.1) is 20.4 Å². The Morgan fingerprint density at radius 1 is 0.588 bits per heavy atom. The molecule has 2 N–H and O–H groups in total. The van der Waals surface area contributed by atoms with Gasteiger partial charge >= 0.3 is 0 Å². The van der Waals surface area contributed by atoms with Crippen molar-refractivity contribution in [3.63, 3.8) is 0 Å². The predicted molar refractivity (Wildman–Crippen MR) is 151 cm³/mol. The predicted octanol–water partition coefficient (Wildman–Crippen LogP) is 8.45. The average Bonchev–Trinajstić information content (AvgIpc) is 3.51. The van der Waals surface area contributed by atoms with E-state index in [1.54, 1.807) is 46.6 Å². The van der Waals surface area contributed by atoms with Crippen LogP contribution in [0.4, 0.5) is 0 Å². The summed E-state index contributed by atoms with van der Waals surface area (Å²) < 4.78 is 12.0. The van der Waals surface area contributed by atoms with Gasteiger partial charge in [-0.3, -0.25) is 9.44 Å². The lowest BCUT2D eigenvalue weighted by molar-refractivity contribution is 0.423. The zero-order valence-corrected chi connectivity index (χ0v) is 22.6. The molecule has 0 radical (unpaired) electrons. The number of nitrogens with zero attached hydrogens (tertiary/aromatic N) is 2. The molecule has 2 aromatic heterocycles. The lowest BCUT2D eigenvalue weighted by Gasteiger charge is -2.21. The first-order chi connectivity index (χ1) is 16.8. The van der Waals surface area contributed by atoms with E-state index in [1.807, 2.05) is 12.1 Å². The summed E-state index contributed by atoms with van der Waals surface area (Å²) in [4.78, 5) is 9.23. The molecular weight excluding hydrogens is 497 g/mol. The average molecular weight is 529 g/mol. The molecule has 2 aliphatic carbocycles. The lowest BCUT2D eigenvalue weighted by atomic mass is 9.96. The largest absolute Gasteiger partial charge is 0.255 e. The minimum atomic E-state index is 0.681. The zero-order chi connectivity index (χ0) is 23.0. The first-order valence-electron chi connectivity index (χ1n) is 12.4. The van der Waals surface area contributed by atoms with Crippen LogP contribution in [-0.2, 0) is 0 Å². The van der Waals surface area contributed by atoms with Crippen LogP contribution in [0.15, 0.2) is 57.2 Å². The van der Waals surface area contributed by atoms with Crippen LogP contribution >= 0.6 is 46.6 Å². The van der Waals surface area contributed by atoms with Crippen molar-refractivity contribution in [2.75, 3.05) is 0 Å². The van der Waals surface area contributed by atoms with Crippen molar-refractivity contribution in [2.45, 2.75) is 85.0 Å². The SMILES string of the molecule is c1ccc2sc(SNC3CCCCC3)nc2c1.c1ccc2sc(SNC3CCCCC3)nc2c1. The van der Waals surface area contributed by atoms with Gasteiger partial charge in [0, 0.05) is 12.1 Å². The molecule has 0 atom stereocenters. The van der Waals surface area contributed by atoms with E-state index in [-0.39, 0.29) is 0 Å². The summed E-state index contributed by atoms with van der Waals surface area (Å²) in [5, 5.41) is 0. The highest BCUT2D eigenvalue weighted by Crippen LogP contribution is 2.30. The fourth-order valence-corrected chi connectivity index (χ4v) is 8.35. The molecule has 2 fully saturated rings. The topological polar surface area (TPSA) is 49.8 Å². The molecule has 2 saturated carbocycles. The van der Waals surface area contributed by atoms with Crippen molar-refractivity contribution < 1.29 is 0 Å². The van der Waals surface area contributed by atoms with Gasteiger partial charge < -0.3 is 0 Å². The van der Waals surface area contributed by atoms with Crippen molar-refractivity contribution in [3.05, 3.63) is 48.5 Å². The molecule has 0 saturated heterocycles. The first-order valence-corrected chi connectivity index (χ1v) is 15.7. The van der Waals surface area contributed by atoms with Gasteiger partial charge in [-0.1, -0.05) is 62.8 Å². The molecule has 4 aromatic rings. The number of fused-ring (bicyclic) bond motifs is 2. The Labute approximate surface area is 219 Å². The Morgan fingerprint density at radius 2 is 1.00 bits per heavy atom. The Balaban J connectivity index is 0.000000142. The lowest BCUT2D eigenvalue weighted by Crippen LogP contribution is -2.25. The van der Waals surface area contributed by atoms with E-state index < -0.39 is 0 Å². The van der Waals surface area contributed by atoms with Gasteiger partial charge in [0.15, 0.2) is 8.68 Å². The van der Waals surface area contributed by atoms with Gasteiger partial charge in [0.25, 0.3) is 0 Å². The van der Waals surface area contributed by atoms with Crippen molar-refractivity contribution in [3.8, 4) is 0 Å². The fraction of sp³-hybridized carbons (Fsp3) is 0.462. The van der Waals surface area contributed by atoms with Crippen molar-refractivity contribution in [2.24, 2.45) is 0 Å². The van der Waals surface area contributed by atoms with Crippen molar-refractivity contribution in [1.29, 1.82) is 0 Å². The molecule has 8 heteroatoms. The summed E-state index contributed by atoms with van der Waals surface area (Å²) in [5.74, 6) is 0. The monoisotopic (exact) mass is 528 g/mol. The second kappa shape index (κ2) is 12.7. The quantitative estimate of drug-likeness (QED) is 0.245. The molecule has 0 bridgehead atoms. The van der Waals surface area contributed by atoms with E-state index in [9.17, 15) is 0 Å². The second-order valence-corrected chi connectivity index (χ2v) is 13.2. The molecule has 0 aliphatic heterocycles. The second-order valence-electron chi connectivity index (χ2n) is 9.00. The van der Waals surface area contributed by atoms with Crippen molar-refractivity contribution >= 4 is 67.0 Å². The maximum Gasteiger partial charge on any atom is 0.166 e. The van der Waals surface area contributed by atoms with Crippen LogP contribution in [0.25, 0.3) is 20.4 Å². The molecular formula is C26H32N4S4. The van der Waals surface area contributed by atoms with Gasteiger partial charge in [0.2, 0.25) is 0 Å². The molecule has 6 rings (SSSR count). The number of para-hydroxylation sites is 2. The third-order valence-corrected chi connectivity index (χ3v) is 10.5. The summed E-state index contributed by atoms with van der Waals surface area (Å²) in [5.41, 5.74) is 2.23. The summed E-state index contributed by atoms with van der Waals surface area (Å²) in [6, 6.07) is 18.0. The Morgan fingerprint density at radius 3 is 1.41 bits per heavy atom. The number of aromatic nitrogens is 2. The molecule has 180 valence electrons. The molecule has 0 spiro atoms. The van der Waals surface area contributed by atoms with E-state index in [0.717, 1.165) is 19.7 Å². The standard InChI is InChI=1S/2C13H16N2S2/c2*1-2-6-10(7-3-1)15-17-13-14-11-8-4-5-9-12(11)16-13/h2*4-5,8-10,15H,1-3,6-7H2. The van der Waals surface area contributed by atoms with Crippen LogP contribution in [0, 0.1) is 0 Å². The zero-order valence-electron chi connectivity index (χ0n) is 19.4. The number of hydrogen-bond donors (Lipinski definition) is 2. The minimum Gasteiger partial charge on any atom is -0.255 e. The van der Waals surface area contributed by atoms with E-state index in [0.29, 0.717) is 12.1 Å². The van der Waals surface area contributed by atoms with Gasteiger partial charge in [-0.15, -0.1) is 22.7 Å². The van der Waals surface area contributed by atoms with Crippen LogP contribution < -0.4 is 9.44 Å². The molecule has 2 heterocycles. The third kappa shape index (κ3) is 6.95. The Kier molecular flexibility index (Phi) is 9.16. The Bertz CT molecular complexity index is 1000. The van der Waals surface area contributed by atoms with Crippen LogP contribution in [0.3, 0.4) is 0 Å². The van der Waals surface area contributed by atoms with Crippen molar-refractivity contribution in [1.82, 2.24) is 19.4 Å². The number of hydrogen-bond acceptors (Lipinski definition) is 8. The highest BCUT2D eigenvalue weighted by molar-refractivity contribution is 7.99. The minimum absolute atomic E-state index is 0.681. The highest BCUT2D eigenvalue weighted by atomic mass is 32.2. The normalized spacial score (nSPS) is 17.6. The van der Waals surface area contributed by atoms with Crippen LogP contribution in [-0.4, -0.2) is 22.1 Å². The van der Waals surface area contributed by atoms with E-state index >= 15 is 0 Å². The summed E-state index contributed by atoms with van der Waals surface area (Å²) in [6.45, 7) is 0. The van der Waals surface area contributed by atoms with Gasteiger partial charge in [-0.25, -0.2) is 9.97 Å².